The van der Waals surface area contributed by atoms with Crippen LogP contribution in [0, 0.1) is 0 Å². The normalized spacial score (nSPS) is 20.4. The van der Waals surface area contributed by atoms with Crippen molar-refractivity contribution < 1.29 is 0 Å². The van der Waals surface area contributed by atoms with Gasteiger partial charge in [0.25, 0.3) is 0 Å². The van der Waals surface area contributed by atoms with E-state index >= 15 is 0 Å². The zero-order valence-corrected chi connectivity index (χ0v) is 10.3. The van der Waals surface area contributed by atoms with E-state index < -0.39 is 0 Å². The highest BCUT2D eigenvalue weighted by Gasteiger charge is 2.17. The molecule has 0 fully saturated rings. The van der Waals surface area contributed by atoms with E-state index in [-0.39, 0.29) is 0 Å². The molecule has 0 radical (unpaired) electrons. The maximum absolute atomic E-state index is 2.35. The lowest BCUT2D eigenvalue weighted by Gasteiger charge is -2.26. The molecule has 0 N–H and O–H groups in total. The molecule has 0 saturated carbocycles. The van der Waals surface area contributed by atoms with Crippen molar-refractivity contribution in [1.29, 1.82) is 0 Å². The molecule has 86 valence electrons. The van der Waals surface area contributed by atoms with Crippen LogP contribution in [0.5, 0.6) is 0 Å². The van der Waals surface area contributed by atoms with E-state index in [9.17, 15) is 0 Å². The first-order valence-electron chi connectivity index (χ1n) is 6.14. The summed E-state index contributed by atoms with van der Waals surface area (Å²) in [6, 6.07) is 0.608. The predicted octanol–water partition coefficient (Wildman–Crippen LogP) is 3.47. The van der Waals surface area contributed by atoms with E-state index in [1.54, 1.807) is 11.1 Å². The lowest BCUT2D eigenvalue weighted by Crippen LogP contribution is -2.29. The van der Waals surface area contributed by atoms with Crippen molar-refractivity contribution >= 4 is 0 Å². The van der Waals surface area contributed by atoms with Crippen molar-refractivity contribution in [2.45, 2.75) is 31.7 Å². The molecule has 0 spiro atoms. The van der Waals surface area contributed by atoms with Gasteiger partial charge in [0.1, 0.15) is 0 Å². The molecule has 1 atom stereocenters. The first kappa shape index (κ1) is 11.4. The molecule has 0 saturated heterocycles. The molecule has 0 amide bonds. The summed E-state index contributed by atoms with van der Waals surface area (Å²) in [5.74, 6) is 0. The van der Waals surface area contributed by atoms with Crippen molar-refractivity contribution in [2.24, 2.45) is 0 Å². The third-order valence-electron chi connectivity index (χ3n) is 3.44. The van der Waals surface area contributed by atoms with Crippen LogP contribution >= 0.6 is 0 Å². The monoisotopic (exact) mass is 215 g/mol. The zero-order valence-electron chi connectivity index (χ0n) is 10.3. The van der Waals surface area contributed by atoms with Gasteiger partial charge in [-0.15, -0.1) is 0 Å². The minimum Gasteiger partial charge on any atom is -0.303 e. The molecule has 0 unspecified atom stereocenters. The second-order valence-corrected chi connectivity index (χ2v) is 4.85. The molecule has 2 aliphatic carbocycles. The summed E-state index contributed by atoms with van der Waals surface area (Å²) >= 11 is 0. The fraction of sp³-hybridized carbons (Fsp3) is 0.467. The van der Waals surface area contributed by atoms with E-state index in [1.165, 1.54) is 12.8 Å². The lowest BCUT2D eigenvalue weighted by atomic mass is 9.97. The maximum atomic E-state index is 2.35. The molecular formula is C15H21N. The number of allylic oxidation sites excluding steroid dienone is 7. The quantitative estimate of drug-likeness (QED) is 0.678. The van der Waals surface area contributed by atoms with Crippen LogP contribution in [0.3, 0.4) is 0 Å². The standard InChI is InChI=1S/C15H21N/c1-16(2)15(14-9-5-6-10-14)12-11-13-7-3-4-8-13/h3-7,9,15H,8,10-12H2,1-2H3/t15-/m0/s1. The van der Waals surface area contributed by atoms with E-state index in [1.807, 2.05) is 0 Å². The Morgan fingerprint density at radius 1 is 1.12 bits per heavy atom. The first-order chi connectivity index (χ1) is 7.77. The average Bonchev–Trinajstić information content (AvgIpc) is 2.88. The molecule has 0 aromatic carbocycles. The second kappa shape index (κ2) is 5.31. The van der Waals surface area contributed by atoms with Crippen molar-refractivity contribution in [1.82, 2.24) is 4.90 Å². The third-order valence-corrected chi connectivity index (χ3v) is 3.44. The number of rotatable bonds is 5. The van der Waals surface area contributed by atoms with Gasteiger partial charge in [0, 0.05) is 6.04 Å². The topological polar surface area (TPSA) is 3.24 Å². The molecule has 0 bridgehead atoms. The Labute approximate surface area is 98.8 Å². The van der Waals surface area contributed by atoms with Crippen molar-refractivity contribution in [3.8, 4) is 0 Å². The zero-order chi connectivity index (χ0) is 11.4. The summed E-state index contributed by atoms with van der Waals surface area (Å²) < 4.78 is 0. The number of hydrogen-bond donors (Lipinski definition) is 0. The highest BCUT2D eigenvalue weighted by Crippen LogP contribution is 2.25. The van der Waals surface area contributed by atoms with Crippen molar-refractivity contribution in [3.05, 3.63) is 47.6 Å². The van der Waals surface area contributed by atoms with Gasteiger partial charge in [-0.1, -0.05) is 42.0 Å². The Hall–Kier alpha value is -1.08. The first-order valence-corrected chi connectivity index (χ1v) is 6.14. The van der Waals surface area contributed by atoms with Crippen LogP contribution in [-0.4, -0.2) is 25.0 Å². The Morgan fingerprint density at radius 2 is 1.88 bits per heavy atom. The summed E-state index contributed by atoms with van der Waals surface area (Å²) in [7, 11) is 4.37. The largest absolute Gasteiger partial charge is 0.303 e. The van der Waals surface area contributed by atoms with Gasteiger partial charge in [-0.05, 0) is 45.4 Å². The molecule has 0 aromatic rings. The van der Waals surface area contributed by atoms with Gasteiger partial charge < -0.3 is 4.90 Å². The summed E-state index contributed by atoms with van der Waals surface area (Å²) in [4.78, 5) is 2.35. The van der Waals surface area contributed by atoms with E-state index in [0.717, 1.165) is 12.8 Å². The van der Waals surface area contributed by atoms with E-state index in [0.29, 0.717) is 6.04 Å². The van der Waals surface area contributed by atoms with Gasteiger partial charge in [-0.25, -0.2) is 0 Å². The molecule has 0 aromatic heterocycles. The van der Waals surface area contributed by atoms with E-state index in [4.69, 9.17) is 0 Å². The molecular weight excluding hydrogens is 194 g/mol. The van der Waals surface area contributed by atoms with Crippen LogP contribution in [0.1, 0.15) is 25.7 Å². The Morgan fingerprint density at radius 3 is 2.44 bits per heavy atom. The molecule has 16 heavy (non-hydrogen) atoms. The van der Waals surface area contributed by atoms with Gasteiger partial charge in [-0.2, -0.15) is 0 Å². The SMILES string of the molecule is CN(C)[C@@H](CCC1=CC=CC1)C1=CC=CC1. The molecule has 2 aliphatic rings. The van der Waals surface area contributed by atoms with Crippen molar-refractivity contribution in [3.63, 3.8) is 0 Å². The van der Waals surface area contributed by atoms with E-state index in [2.05, 4.69) is 55.5 Å². The molecule has 1 heteroatoms. The number of hydrogen-bond acceptors (Lipinski definition) is 1. The highest BCUT2D eigenvalue weighted by atomic mass is 15.1. The number of likely N-dealkylation sites (N-methyl/N-ethyl adjacent to an activating group) is 1. The average molecular weight is 215 g/mol. The van der Waals surface area contributed by atoms with Gasteiger partial charge in [0.05, 0.1) is 0 Å². The molecule has 0 aliphatic heterocycles. The van der Waals surface area contributed by atoms with Gasteiger partial charge in [0.15, 0.2) is 0 Å². The van der Waals surface area contributed by atoms with Gasteiger partial charge in [0.2, 0.25) is 0 Å². The molecule has 0 heterocycles. The summed E-state index contributed by atoms with van der Waals surface area (Å²) in [5.41, 5.74) is 3.15. The van der Waals surface area contributed by atoms with Crippen LogP contribution in [0.15, 0.2) is 47.6 Å². The highest BCUT2D eigenvalue weighted by molar-refractivity contribution is 5.28. The summed E-state index contributed by atoms with van der Waals surface area (Å²) in [5, 5.41) is 0. The third kappa shape index (κ3) is 2.73. The minimum absolute atomic E-state index is 0.608. The minimum atomic E-state index is 0.608. The van der Waals surface area contributed by atoms with Crippen LogP contribution in [-0.2, 0) is 0 Å². The Bertz CT molecular complexity index is 356. The maximum Gasteiger partial charge on any atom is 0.0310 e. The van der Waals surface area contributed by atoms with Crippen LogP contribution in [0.25, 0.3) is 0 Å². The van der Waals surface area contributed by atoms with Crippen LogP contribution in [0.4, 0.5) is 0 Å². The number of nitrogens with zero attached hydrogens (tertiary/aromatic N) is 1. The Balaban J connectivity index is 1.88. The lowest BCUT2D eigenvalue weighted by molar-refractivity contribution is 0.312. The fourth-order valence-corrected chi connectivity index (χ4v) is 2.49. The predicted molar refractivity (Wildman–Crippen MR) is 70.4 cm³/mol. The summed E-state index contributed by atoms with van der Waals surface area (Å²) in [6.07, 6.45) is 18.2. The van der Waals surface area contributed by atoms with Crippen molar-refractivity contribution in [2.75, 3.05) is 14.1 Å². The van der Waals surface area contributed by atoms with Gasteiger partial charge in [-0.3, -0.25) is 0 Å². The Kier molecular flexibility index (Phi) is 3.79. The second-order valence-electron chi connectivity index (χ2n) is 4.85. The molecule has 1 nitrogen and oxygen atoms in total. The van der Waals surface area contributed by atoms with Crippen LogP contribution < -0.4 is 0 Å². The smallest absolute Gasteiger partial charge is 0.0310 e. The van der Waals surface area contributed by atoms with Crippen LogP contribution in [0.2, 0.25) is 0 Å². The van der Waals surface area contributed by atoms with Gasteiger partial charge >= 0.3 is 0 Å². The summed E-state index contributed by atoms with van der Waals surface area (Å²) in [6.45, 7) is 0. The fourth-order valence-electron chi connectivity index (χ4n) is 2.49. The molecule has 2 rings (SSSR count).